The van der Waals surface area contributed by atoms with Crippen molar-refractivity contribution in [3.05, 3.63) is 24.4 Å². The first-order valence-electron chi connectivity index (χ1n) is 12.4. The monoisotopic (exact) mass is 565 g/mol. The number of nitrogens with one attached hydrogen (secondary N) is 5. The predicted octanol–water partition coefficient (Wildman–Crippen LogP) is -3.24. The van der Waals surface area contributed by atoms with Crippen LogP contribution in [0, 0.1) is 0 Å². The zero-order valence-corrected chi connectivity index (χ0v) is 22.0. The number of nitrogens with two attached hydrogens (primary N) is 1. The summed E-state index contributed by atoms with van der Waals surface area (Å²) in [5.74, 6) is -5.46. The summed E-state index contributed by atoms with van der Waals surface area (Å²) >= 11 is 0. The zero-order chi connectivity index (χ0) is 30.1. The largest absolute Gasteiger partial charge is 0.481 e. The number of nitrogens with zero attached hydrogens (tertiary/aromatic N) is 1. The number of carbonyl (C=O) groups excluding carboxylic acids is 7. The van der Waals surface area contributed by atoms with Gasteiger partial charge >= 0.3 is 5.97 Å². The number of amides is 7. The van der Waals surface area contributed by atoms with Gasteiger partial charge in [0.2, 0.25) is 35.4 Å². The van der Waals surface area contributed by atoms with Crippen molar-refractivity contribution in [2.75, 3.05) is 32.7 Å². The fourth-order valence-corrected chi connectivity index (χ4v) is 3.30. The van der Waals surface area contributed by atoms with E-state index in [1.54, 1.807) is 6.08 Å². The third-order valence-electron chi connectivity index (χ3n) is 5.39. The Morgan fingerprint density at radius 1 is 0.800 bits per heavy atom. The van der Waals surface area contributed by atoms with Crippen LogP contribution in [0.1, 0.15) is 38.5 Å². The van der Waals surface area contributed by atoms with E-state index < -0.39 is 80.1 Å². The fraction of sp³-hybridized carbons (Fsp3) is 0.500. The number of allylic oxidation sites excluding steroid dienone is 1. The molecule has 1 heterocycles. The summed E-state index contributed by atoms with van der Waals surface area (Å²) in [5.41, 5.74) is 5.48. The Morgan fingerprint density at radius 2 is 1.38 bits per heavy atom. The summed E-state index contributed by atoms with van der Waals surface area (Å²) in [6, 6.07) is -1.20. The van der Waals surface area contributed by atoms with Gasteiger partial charge < -0.3 is 42.3 Å². The molecule has 8 N–H and O–H groups in total. The molecule has 0 spiro atoms. The zero-order valence-electron chi connectivity index (χ0n) is 22.0. The van der Waals surface area contributed by atoms with Gasteiger partial charge in [-0.1, -0.05) is 13.0 Å². The molecule has 16 heteroatoms. The molecule has 0 saturated heterocycles. The van der Waals surface area contributed by atoms with Crippen LogP contribution in [0.15, 0.2) is 24.4 Å². The lowest BCUT2D eigenvalue weighted by Crippen LogP contribution is -2.50. The van der Waals surface area contributed by atoms with E-state index in [1.807, 2.05) is 0 Å². The maximum atomic E-state index is 12.5. The van der Waals surface area contributed by atoms with Gasteiger partial charge in [0, 0.05) is 31.2 Å². The Balaban J connectivity index is 2.37. The van der Waals surface area contributed by atoms with E-state index in [9.17, 15) is 38.4 Å². The molecule has 7 amide bonds. The fourth-order valence-electron chi connectivity index (χ4n) is 3.30. The highest BCUT2D eigenvalue weighted by molar-refractivity contribution is 5.93. The quantitative estimate of drug-likeness (QED) is 0.0776. The maximum Gasteiger partial charge on any atom is 0.303 e. The summed E-state index contributed by atoms with van der Waals surface area (Å²) in [4.78, 5) is 94.7. The van der Waals surface area contributed by atoms with Crippen LogP contribution in [-0.4, -0.2) is 96.1 Å². The molecule has 16 nitrogen and oxygen atoms in total. The SMILES string of the molecule is C=C1C=CC(=O)N1CCCCCC(=O)N[C@@H](CCC(=O)O)C(=O)NCC(=O)NCC(=O)NCC(=O)NCC(N)=O. The minimum Gasteiger partial charge on any atom is -0.481 e. The molecule has 1 aliphatic heterocycles. The summed E-state index contributed by atoms with van der Waals surface area (Å²) in [7, 11) is 0. The highest BCUT2D eigenvalue weighted by atomic mass is 16.4. The third-order valence-corrected chi connectivity index (χ3v) is 5.39. The lowest BCUT2D eigenvalue weighted by Gasteiger charge is -2.18. The Labute approximate surface area is 230 Å². The van der Waals surface area contributed by atoms with Crippen molar-refractivity contribution in [1.29, 1.82) is 0 Å². The highest BCUT2D eigenvalue weighted by Gasteiger charge is 2.22. The van der Waals surface area contributed by atoms with Gasteiger partial charge in [-0.15, -0.1) is 0 Å². The molecular formula is C24H35N7O9. The van der Waals surface area contributed by atoms with E-state index >= 15 is 0 Å². The van der Waals surface area contributed by atoms with Gasteiger partial charge in [0.25, 0.3) is 5.91 Å². The lowest BCUT2D eigenvalue weighted by molar-refractivity contribution is -0.138. The van der Waals surface area contributed by atoms with Gasteiger partial charge in [-0.3, -0.25) is 38.4 Å². The smallest absolute Gasteiger partial charge is 0.303 e. The number of carboxylic acid groups (broad SMARTS) is 1. The van der Waals surface area contributed by atoms with Gasteiger partial charge in [-0.05, 0) is 25.3 Å². The molecule has 0 aromatic carbocycles. The van der Waals surface area contributed by atoms with Gasteiger partial charge in [-0.25, -0.2) is 0 Å². The normalized spacial score (nSPS) is 12.8. The van der Waals surface area contributed by atoms with E-state index in [-0.39, 0.29) is 18.7 Å². The van der Waals surface area contributed by atoms with Crippen molar-refractivity contribution < 1.29 is 43.5 Å². The Hall–Kier alpha value is -4.76. The second kappa shape index (κ2) is 17.7. The average Bonchev–Trinajstić information content (AvgIpc) is 3.22. The highest BCUT2D eigenvalue weighted by Crippen LogP contribution is 2.14. The van der Waals surface area contributed by atoms with E-state index in [1.165, 1.54) is 11.0 Å². The molecule has 1 atom stereocenters. The van der Waals surface area contributed by atoms with Crippen molar-refractivity contribution in [3.63, 3.8) is 0 Å². The molecule has 0 radical (unpaired) electrons. The summed E-state index contributed by atoms with van der Waals surface area (Å²) in [5, 5.41) is 20.3. The van der Waals surface area contributed by atoms with Crippen LogP contribution in [0.3, 0.4) is 0 Å². The second-order valence-corrected chi connectivity index (χ2v) is 8.69. The van der Waals surface area contributed by atoms with Crippen molar-refractivity contribution in [1.82, 2.24) is 31.5 Å². The molecule has 0 bridgehead atoms. The number of primary amides is 1. The summed E-state index contributed by atoms with van der Waals surface area (Å²) < 4.78 is 0. The van der Waals surface area contributed by atoms with Gasteiger partial charge in [-0.2, -0.15) is 0 Å². The minimum atomic E-state index is -1.20. The Morgan fingerprint density at radius 3 is 1.90 bits per heavy atom. The van der Waals surface area contributed by atoms with Crippen LogP contribution in [0.2, 0.25) is 0 Å². The molecule has 0 aliphatic carbocycles. The maximum absolute atomic E-state index is 12.5. The molecule has 220 valence electrons. The average molecular weight is 566 g/mol. The summed E-state index contributed by atoms with van der Waals surface area (Å²) in [6.45, 7) is 2.33. The number of carboxylic acids is 1. The first-order valence-corrected chi connectivity index (χ1v) is 12.4. The predicted molar refractivity (Wildman–Crippen MR) is 138 cm³/mol. The lowest BCUT2D eigenvalue weighted by atomic mass is 10.1. The topological polar surface area (TPSA) is 246 Å². The van der Waals surface area contributed by atoms with Crippen molar-refractivity contribution in [3.8, 4) is 0 Å². The Kier molecular flexibility index (Phi) is 14.7. The molecule has 0 unspecified atom stereocenters. The van der Waals surface area contributed by atoms with E-state index in [2.05, 4.69) is 33.2 Å². The molecular weight excluding hydrogens is 530 g/mol. The molecule has 40 heavy (non-hydrogen) atoms. The van der Waals surface area contributed by atoms with Crippen molar-refractivity contribution >= 4 is 47.3 Å². The van der Waals surface area contributed by atoms with Crippen LogP contribution in [0.4, 0.5) is 0 Å². The number of rotatable bonds is 19. The van der Waals surface area contributed by atoms with E-state index in [4.69, 9.17) is 10.8 Å². The van der Waals surface area contributed by atoms with Gasteiger partial charge in [0.05, 0.1) is 26.2 Å². The molecule has 0 fully saturated rings. The van der Waals surface area contributed by atoms with Crippen LogP contribution in [-0.2, 0) is 38.4 Å². The first kappa shape index (κ1) is 33.3. The minimum absolute atomic E-state index is 0.0696. The number of hydrogen-bond acceptors (Lipinski definition) is 8. The molecule has 0 aromatic rings. The molecule has 1 rings (SSSR count). The molecule has 0 saturated carbocycles. The first-order chi connectivity index (χ1) is 18.9. The number of unbranched alkanes of at least 4 members (excludes halogenated alkanes) is 2. The molecule has 1 aliphatic rings. The molecule has 0 aromatic heterocycles. The number of aliphatic carboxylic acids is 1. The van der Waals surface area contributed by atoms with Crippen LogP contribution < -0.4 is 32.3 Å². The van der Waals surface area contributed by atoms with Crippen molar-refractivity contribution in [2.24, 2.45) is 5.73 Å². The van der Waals surface area contributed by atoms with Gasteiger partial charge in [0.1, 0.15) is 6.04 Å². The number of carbonyl (C=O) groups is 8. The van der Waals surface area contributed by atoms with E-state index in [0.717, 1.165) is 0 Å². The van der Waals surface area contributed by atoms with Crippen LogP contribution >= 0.6 is 0 Å². The summed E-state index contributed by atoms with van der Waals surface area (Å²) in [6.07, 6.45) is 4.25. The standard InChI is InChI=1S/C24H35N7O9/c1-15-6-8-22(37)31(15)10-4-2-3-5-18(33)30-16(7-9-23(38)39)24(40)29-14-21(36)28-13-20(35)27-12-19(34)26-11-17(25)32/h6,8,16H,1-5,7,9-14H2,(H2,25,32)(H,26,34)(H,27,35)(H,28,36)(H,29,40)(H,30,33)(H,38,39)/t16-/m0/s1. The van der Waals surface area contributed by atoms with E-state index in [0.29, 0.717) is 31.5 Å². The Bertz CT molecular complexity index is 1020. The van der Waals surface area contributed by atoms with Gasteiger partial charge in [0.15, 0.2) is 0 Å². The second-order valence-electron chi connectivity index (χ2n) is 8.69. The van der Waals surface area contributed by atoms with Crippen molar-refractivity contribution in [2.45, 2.75) is 44.6 Å². The third kappa shape index (κ3) is 14.3. The number of hydrogen-bond donors (Lipinski definition) is 7. The van der Waals surface area contributed by atoms with Crippen LogP contribution in [0.25, 0.3) is 0 Å². The van der Waals surface area contributed by atoms with Crippen LogP contribution in [0.5, 0.6) is 0 Å².